The Morgan fingerprint density at radius 1 is 0.789 bits per heavy atom. The fourth-order valence-corrected chi connectivity index (χ4v) is 9.24. The zero-order valence-corrected chi connectivity index (χ0v) is 41.4. The minimum atomic E-state index is -0.464. The highest BCUT2D eigenvalue weighted by molar-refractivity contribution is 7.13. The SMILES string of the molecule is CCN(CC)[C@@H](C)CNC(=O)c1cc(-c2cnn3ccc(-c4cccs4)nc23)nc(N2CC[C@H]2C(=O)NCCOCc2ccc(-c3ccn4ncc(-c5cc(C(=O)NCCN(C)C)ccn5)c4n3)cc2)c1. The first-order chi connectivity index (χ1) is 34.6. The van der Waals surface area contributed by atoms with Gasteiger partial charge in [0.2, 0.25) is 5.91 Å². The van der Waals surface area contributed by atoms with Crippen molar-refractivity contribution in [1.29, 1.82) is 0 Å². The molecule has 1 aliphatic rings. The Morgan fingerprint density at radius 3 is 2.18 bits per heavy atom. The molecular weight excluding hydrogens is 917 g/mol. The molecule has 19 heteroatoms. The monoisotopic (exact) mass is 974 g/mol. The summed E-state index contributed by atoms with van der Waals surface area (Å²) in [6.07, 6.45) is 9.42. The number of ether oxygens (including phenoxy) is 1. The van der Waals surface area contributed by atoms with Gasteiger partial charge in [-0.15, -0.1) is 11.3 Å². The number of anilines is 1. The number of rotatable bonds is 21. The summed E-state index contributed by atoms with van der Waals surface area (Å²) in [5.41, 5.74) is 8.21. The van der Waals surface area contributed by atoms with E-state index in [1.54, 1.807) is 63.2 Å². The first kappa shape index (κ1) is 48.6. The molecule has 0 radical (unpaired) electrons. The summed E-state index contributed by atoms with van der Waals surface area (Å²) >= 11 is 1.61. The molecule has 0 unspecified atom stereocenters. The standard InChI is InChI=1S/C52H58N14O4S/c1-6-63(7-2)34(3)30-56-51(68)38-28-44(40-32-58-66-23-16-42(61-49(40)66)46-9-8-26-71-46)59-47(29-38)64-21-17-45(64)52(69)55-20-25-70-33-35-10-12-36(13-11-35)41-15-22-65-48(60-41)39(31-57-65)43-27-37(14-18-53-43)50(67)54-19-24-62(4)5/h8-16,18,22-23,26-29,31-32,34,45H,6-7,17,19-21,24-25,30,33H2,1-5H3,(H,54,67)(H,55,69)(H,56,68)/t34-,45-/m0/s1. The van der Waals surface area contributed by atoms with Crippen LogP contribution in [0.5, 0.6) is 0 Å². The van der Waals surface area contributed by atoms with Crippen LogP contribution in [0.1, 0.15) is 53.5 Å². The molecule has 0 aliphatic carbocycles. The Labute approximate surface area is 416 Å². The maximum Gasteiger partial charge on any atom is 0.251 e. The van der Waals surface area contributed by atoms with E-state index in [2.05, 4.69) is 56.8 Å². The molecule has 1 aliphatic heterocycles. The summed E-state index contributed by atoms with van der Waals surface area (Å²) in [4.78, 5) is 67.1. The molecule has 8 heterocycles. The van der Waals surface area contributed by atoms with Crippen LogP contribution in [0.3, 0.4) is 0 Å². The van der Waals surface area contributed by atoms with Crippen molar-refractivity contribution in [1.82, 2.24) is 64.9 Å². The van der Waals surface area contributed by atoms with Crippen molar-refractivity contribution in [2.75, 3.05) is 71.4 Å². The Kier molecular flexibility index (Phi) is 15.1. The molecule has 1 aromatic carbocycles. The van der Waals surface area contributed by atoms with Gasteiger partial charge in [0.15, 0.2) is 11.3 Å². The van der Waals surface area contributed by atoms with Crippen LogP contribution < -0.4 is 20.9 Å². The minimum Gasteiger partial charge on any atom is -0.375 e. The predicted molar refractivity (Wildman–Crippen MR) is 275 cm³/mol. The Morgan fingerprint density at radius 2 is 1.49 bits per heavy atom. The molecule has 71 heavy (non-hydrogen) atoms. The molecule has 3 amide bonds. The number of benzene rings is 1. The van der Waals surface area contributed by atoms with Gasteiger partial charge in [-0.25, -0.2) is 24.0 Å². The van der Waals surface area contributed by atoms with Gasteiger partial charge in [0.1, 0.15) is 11.9 Å². The molecule has 0 saturated carbocycles. The average molecular weight is 975 g/mol. The van der Waals surface area contributed by atoms with E-state index in [9.17, 15) is 14.4 Å². The highest BCUT2D eigenvalue weighted by Gasteiger charge is 2.36. The second-order valence-corrected chi connectivity index (χ2v) is 18.6. The molecule has 18 nitrogen and oxygen atoms in total. The van der Waals surface area contributed by atoms with Crippen molar-refractivity contribution < 1.29 is 19.1 Å². The Balaban J connectivity index is 0.821. The van der Waals surface area contributed by atoms with E-state index < -0.39 is 6.04 Å². The lowest BCUT2D eigenvalue weighted by Gasteiger charge is -2.41. The van der Waals surface area contributed by atoms with Crippen LogP contribution in [0.4, 0.5) is 5.82 Å². The fraction of sp³-hybridized carbons (Fsp3) is 0.327. The van der Waals surface area contributed by atoms with Gasteiger partial charge in [0.05, 0.1) is 64.4 Å². The summed E-state index contributed by atoms with van der Waals surface area (Å²) < 4.78 is 9.40. The van der Waals surface area contributed by atoms with E-state index in [1.807, 2.05) is 90.2 Å². The second-order valence-electron chi connectivity index (χ2n) is 17.7. The summed E-state index contributed by atoms with van der Waals surface area (Å²) in [5.74, 6) is 0.0139. The predicted octanol–water partition coefficient (Wildman–Crippen LogP) is 5.95. The van der Waals surface area contributed by atoms with Crippen LogP contribution in [0.25, 0.3) is 55.6 Å². The van der Waals surface area contributed by atoms with Gasteiger partial charge >= 0.3 is 0 Å². The molecule has 366 valence electrons. The average Bonchev–Trinajstić information content (AvgIpc) is 4.16. The van der Waals surface area contributed by atoms with E-state index in [4.69, 9.17) is 19.7 Å². The zero-order chi connectivity index (χ0) is 49.4. The van der Waals surface area contributed by atoms with Crippen LogP contribution in [0, 0.1) is 0 Å². The lowest BCUT2D eigenvalue weighted by molar-refractivity contribution is -0.123. The lowest BCUT2D eigenvalue weighted by Crippen LogP contribution is -2.57. The summed E-state index contributed by atoms with van der Waals surface area (Å²) in [5, 5.41) is 20.2. The molecular formula is C52H58N14O4S. The van der Waals surface area contributed by atoms with E-state index in [-0.39, 0.29) is 23.8 Å². The Bertz CT molecular complexity index is 3130. The number of carbonyl (C=O) groups excluding carboxylic acids is 3. The zero-order valence-electron chi connectivity index (χ0n) is 40.6. The van der Waals surface area contributed by atoms with Crippen molar-refractivity contribution >= 4 is 46.2 Å². The van der Waals surface area contributed by atoms with Crippen LogP contribution in [0.2, 0.25) is 0 Å². The number of amides is 3. The van der Waals surface area contributed by atoms with Gasteiger partial charge in [-0.3, -0.25) is 24.3 Å². The third-order valence-corrected chi connectivity index (χ3v) is 13.6. The maximum absolute atomic E-state index is 13.9. The van der Waals surface area contributed by atoms with E-state index in [0.717, 1.165) is 47.0 Å². The summed E-state index contributed by atoms with van der Waals surface area (Å²) in [6.45, 7) is 11.5. The number of nitrogens with one attached hydrogen (secondary N) is 3. The quantitative estimate of drug-likeness (QED) is 0.0717. The molecule has 7 aromatic heterocycles. The maximum atomic E-state index is 13.9. The highest BCUT2D eigenvalue weighted by Crippen LogP contribution is 2.32. The number of nitrogens with zero attached hydrogens (tertiary/aromatic N) is 11. The molecule has 2 atom stereocenters. The molecule has 9 rings (SSSR count). The number of pyridine rings is 2. The van der Waals surface area contributed by atoms with Crippen molar-refractivity contribution in [2.24, 2.45) is 0 Å². The van der Waals surface area contributed by atoms with Crippen molar-refractivity contribution in [3.05, 3.63) is 126 Å². The normalized spacial score (nSPS) is 14.0. The minimum absolute atomic E-state index is 0.135. The number of carbonyl (C=O) groups is 3. The molecule has 1 saturated heterocycles. The molecule has 1 fully saturated rings. The highest BCUT2D eigenvalue weighted by atomic mass is 32.1. The van der Waals surface area contributed by atoms with Gasteiger partial charge in [0, 0.05) is 74.0 Å². The van der Waals surface area contributed by atoms with Crippen LogP contribution in [-0.2, 0) is 16.1 Å². The molecule has 0 bridgehead atoms. The third-order valence-electron chi connectivity index (χ3n) is 12.7. The molecule has 3 N–H and O–H groups in total. The first-order valence-corrected chi connectivity index (χ1v) is 24.8. The van der Waals surface area contributed by atoms with Crippen LogP contribution in [0.15, 0.2) is 109 Å². The van der Waals surface area contributed by atoms with E-state index in [0.29, 0.717) is 96.6 Å². The van der Waals surface area contributed by atoms with Crippen molar-refractivity contribution in [3.8, 4) is 44.3 Å². The Hall–Kier alpha value is -7.45. The number of hydrogen-bond acceptors (Lipinski definition) is 14. The lowest BCUT2D eigenvalue weighted by atomic mass is 10.0. The largest absolute Gasteiger partial charge is 0.375 e. The first-order valence-electron chi connectivity index (χ1n) is 23.9. The van der Waals surface area contributed by atoms with Gasteiger partial charge in [-0.05, 0) is 93.9 Å². The van der Waals surface area contributed by atoms with Crippen LogP contribution >= 0.6 is 11.3 Å². The molecule has 8 aromatic rings. The number of hydrogen-bond donors (Lipinski definition) is 3. The number of aromatic nitrogens is 8. The van der Waals surface area contributed by atoms with E-state index in [1.165, 1.54) is 0 Å². The summed E-state index contributed by atoms with van der Waals surface area (Å²) in [7, 11) is 3.92. The van der Waals surface area contributed by atoms with Gasteiger partial charge < -0.3 is 30.5 Å². The second kappa shape index (κ2) is 22.1. The summed E-state index contributed by atoms with van der Waals surface area (Å²) in [6, 6.07) is 22.5. The van der Waals surface area contributed by atoms with Crippen molar-refractivity contribution in [3.63, 3.8) is 0 Å². The fourth-order valence-electron chi connectivity index (χ4n) is 8.55. The van der Waals surface area contributed by atoms with Gasteiger partial charge in [0.25, 0.3) is 11.8 Å². The number of fused-ring (bicyclic) bond motifs is 2. The smallest absolute Gasteiger partial charge is 0.251 e. The van der Waals surface area contributed by atoms with Crippen LogP contribution in [-0.4, -0.2) is 145 Å². The van der Waals surface area contributed by atoms with E-state index >= 15 is 0 Å². The van der Waals surface area contributed by atoms with Gasteiger partial charge in [-0.2, -0.15) is 10.2 Å². The number of likely N-dealkylation sites (N-methyl/N-ethyl adjacent to an activating group) is 2. The van der Waals surface area contributed by atoms with Gasteiger partial charge in [-0.1, -0.05) is 44.2 Å². The topological polar surface area (TPSA) is 192 Å². The third kappa shape index (κ3) is 11.1. The van der Waals surface area contributed by atoms with Crippen molar-refractivity contribution in [2.45, 2.75) is 45.9 Å². The molecule has 0 spiro atoms. The number of thiophene rings is 1.